The van der Waals surface area contributed by atoms with Gasteiger partial charge >= 0.3 is 0 Å². The van der Waals surface area contributed by atoms with Gasteiger partial charge in [0.15, 0.2) is 5.76 Å². The number of piperazine rings is 1. The van der Waals surface area contributed by atoms with E-state index in [1.807, 2.05) is 78.6 Å². The molecule has 0 N–H and O–H groups in total. The molecule has 0 atom stereocenters. The molecule has 2 aromatic carbocycles. The first-order valence-corrected chi connectivity index (χ1v) is 10.5. The Morgan fingerprint density at radius 3 is 2.61 bits per heavy atom. The van der Waals surface area contributed by atoms with Crippen molar-refractivity contribution in [2.45, 2.75) is 20.1 Å². The molecule has 3 aromatic rings. The van der Waals surface area contributed by atoms with Crippen molar-refractivity contribution in [2.24, 2.45) is 0 Å². The summed E-state index contributed by atoms with van der Waals surface area (Å²) >= 11 is 0. The van der Waals surface area contributed by atoms with Gasteiger partial charge < -0.3 is 14.2 Å². The van der Waals surface area contributed by atoms with E-state index in [1.165, 1.54) is 0 Å². The van der Waals surface area contributed by atoms with Gasteiger partial charge in [-0.1, -0.05) is 47.6 Å². The summed E-state index contributed by atoms with van der Waals surface area (Å²) in [5.41, 5.74) is 2.96. The summed E-state index contributed by atoms with van der Waals surface area (Å²) in [5, 5.41) is 3.93. The molecule has 0 radical (unpaired) electrons. The summed E-state index contributed by atoms with van der Waals surface area (Å²) in [6, 6.07) is 19.8. The van der Waals surface area contributed by atoms with Crippen LogP contribution in [0.1, 0.15) is 22.6 Å². The number of hydrogen-bond donors (Lipinski definition) is 0. The summed E-state index contributed by atoms with van der Waals surface area (Å²) < 4.78 is 11.2. The third-order valence-electron chi connectivity index (χ3n) is 5.26. The van der Waals surface area contributed by atoms with E-state index >= 15 is 0 Å². The quantitative estimate of drug-likeness (QED) is 0.546. The van der Waals surface area contributed by atoms with Crippen LogP contribution < -0.4 is 4.74 Å². The van der Waals surface area contributed by atoms with Crippen molar-refractivity contribution in [3.63, 3.8) is 0 Å². The normalized spacial score (nSPS) is 14.8. The van der Waals surface area contributed by atoms with E-state index in [2.05, 4.69) is 10.1 Å². The number of aromatic nitrogens is 1. The lowest BCUT2D eigenvalue weighted by atomic mass is 10.2. The van der Waals surface area contributed by atoms with Crippen LogP contribution in [0, 0.1) is 6.92 Å². The molecule has 1 aliphatic rings. The standard InChI is InChI=1S/C25H27N3O3/c1-20-16-24(31-26-20)18-27-12-14-28(15-13-27)25(29)11-10-21-8-5-9-23(17-21)30-19-22-6-3-2-4-7-22/h2-11,16-17H,12-15,18-19H2,1H3/b11-10+. The molecular formula is C25H27N3O3. The highest BCUT2D eigenvalue weighted by Gasteiger charge is 2.20. The van der Waals surface area contributed by atoms with E-state index in [0.29, 0.717) is 19.7 Å². The van der Waals surface area contributed by atoms with Crippen LogP contribution in [0.2, 0.25) is 0 Å². The molecule has 1 saturated heterocycles. The lowest BCUT2D eigenvalue weighted by Gasteiger charge is -2.33. The van der Waals surface area contributed by atoms with Crippen molar-refractivity contribution in [1.82, 2.24) is 15.0 Å². The van der Waals surface area contributed by atoms with Crippen molar-refractivity contribution in [1.29, 1.82) is 0 Å². The molecule has 6 nitrogen and oxygen atoms in total. The molecule has 160 valence electrons. The highest BCUT2D eigenvalue weighted by atomic mass is 16.5. The molecule has 4 rings (SSSR count). The van der Waals surface area contributed by atoms with Gasteiger partial charge in [0.05, 0.1) is 12.2 Å². The van der Waals surface area contributed by atoms with Crippen LogP contribution in [0.4, 0.5) is 0 Å². The number of aryl methyl sites for hydroxylation is 1. The molecule has 1 aromatic heterocycles. The highest BCUT2D eigenvalue weighted by molar-refractivity contribution is 5.91. The van der Waals surface area contributed by atoms with Crippen LogP contribution in [0.25, 0.3) is 6.08 Å². The number of nitrogens with zero attached hydrogens (tertiary/aromatic N) is 3. The summed E-state index contributed by atoms with van der Waals surface area (Å²) in [7, 11) is 0. The summed E-state index contributed by atoms with van der Waals surface area (Å²) in [6.07, 6.45) is 3.49. The fraction of sp³-hybridized carbons (Fsp3) is 0.280. The molecule has 0 saturated carbocycles. The topological polar surface area (TPSA) is 58.8 Å². The summed E-state index contributed by atoms with van der Waals surface area (Å²) in [5.74, 6) is 1.69. The van der Waals surface area contributed by atoms with Gasteiger partial charge in [-0.15, -0.1) is 0 Å². The summed E-state index contributed by atoms with van der Waals surface area (Å²) in [6.45, 7) is 6.22. The molecule has 2 heterocycles. The van der Waals surface area contributed by atoms with Crippen LogP contribution in [0.3, 0.4) is 0 Å². The van der Waals surface area contributed by atoms with E-state index in [-0.39, 0.29) is 5.91 Å². The summed E-state index contributed by atoms with van der Waals surface area (Å²) in [4.78, 5) is 16.8. The van der Waals surface area contributed by atoms with Crippen molar-refractivity contribution in [3.05, 3.63) is 89.3 Å². The van der Waals surface area contributed by atoms with E-state index in [0.717, 1.165) is 48.0 Å². The van der Waals surface area contributed by atoms with Crippen molar-refractivity contribution >= 4 is 12.0 Å². The highest BCUT2D eigenvalue weighted by Crippen LogP contribution is 2.17. The average molecular weight is 418 g/mol. The van der Waals surface area contributed by atoms with E-state index < -0.39 is 0 Å². The maximum Gasteiger partial charge on any atom is 0.246 e. The zero-order chi connectivity index (χ0) is 21.5. The molecule has 31 heavy (non-hydrogen) atoms. The zero-order valence-electron chi connectivity index (χ0n) is 17.7. The maximum atomic E-state index is 12.6. The van der Waals surface area contributed by atoms with Gasteiger partial charge in [-0.2, -0.15) is 0 Å². The fourth-order valence-electron chi connectivity index (χ4n) is 3.56. The average Bonchev–Trinajstić information content (AvgIpc) is 3.22. The van der Waals surface area contributed by atoms with Crippen molar-refractivity contribution in [3.8, 4) is 5.75 Å². The Morgan fingerprint density at radius 1 is 1.06 bits per heavy atom. The van der Waals surface area contributed by atoms with Gasteiger partial charge in [0.1, 0.15) is 12.4 Å². The van der Waals surface area contributed by atoms with Gasteiger partial charge in [-0.25, -0.2) is 0 Å². The van der Waals surface area contributed by atoms with Crippen molar-refractivity contribution < 1.29 is 14.1 Å². The van der Waals surface area contributed by atoms with E-state index in [9.17, 15) is 4.79 Å². The second kappa shape index (κ2) is 10.1. The second-order valence-electron chi connectivity index (χ2n) is 7.72. The Hall–Kier alpha value is -3.38. The number of carbonyl (C=O) groups excluding carboxylic acids is 1. The molecule has 0 unspecified atom stereocenters. The second-order valence-corrected chi connectivity index (χ2v) is 7.72. The van der Waals surface area contributed by atoms with Crippen molar-refractivity contribution in [2.75, 3.05) is 26.2 Å². The van der Waals surface area contributed by atoms with Gasteiger partial charge in [-0.3, -0.25) is 9.69 Å². The zero-order valence-corrected chi connectivity index (χ0v) is 17.7. The molecular weight excluding hydrogens is 390 g/mol. The fourth-order valence-corrected chi connectivity index (χ4v) is 3.56. The monoisotopic (exact) mass is 417 g/mol. The number of ether oxygens (including phenoxy) is 1. The first-order valence-electron chi connectivity index (χ1n) is 10.5. The van der Waals surface area contributed by atoms with E-state index in [1.54, 1.807) is 6.08 Å². The van der Waals surface area contributed by atoms with E-state index in [4.69, 9.17) is 9.26 Å². The molecule has 6 heteroatoms. The third kappa shape index (κ3) is 6.06. The number of benzene rings is 2. The minimum absolute atomic E-state index is 0.0331. The van der Waals surface area contributed by atoms with Gasteiger partial charge in [0.25, 0.3) is 0 Å². The molecule has 0 spiro atoms. The van der Waals surface area contributed by atoms with Crippen LogP contribution >= 0.6 is 0 Å². The predicted octanol–water partition coefficient (Wildman–Crippen LogP) is 3.92. The van der Waals surface area contributed by atoms with Crippen LogP contribution in [-0.4, -0.2) is 47.0 Å². The molecule has 1 amide bonds. The SMILES string of the molecule is Cc1cc(CN2CCN(C(=O)/C=C/c3cccc(OCc4ccccc4)c3)CC2)on1. The predicted molar refractivity (Wildman–Crippen MR) is 119 cm³/mol. The Balaban J connectivity index is 1.26. The van der Waals surface area contributed by atoms with Gasteiger partial charge in [0, 0.05) is 38.3 Å². The number of carbonyl (C=O) groups is 1. The first-order chi connectivity index (χ1) is 15.2. The Labute approximate surface area is 182 Å². The van der Waals surface area contributed by atoms with Crippen LogP contribution in [-0.2, 0) is 17.9 Å². The molecule has 1 aliphatic heterocycles. The number of rotatable bonds is 7. The van der Waals surface area contributed by atoms with Gasteiger partial charge in [0.2, 0.25) is 5.91 Å². The molecule has 0 aliphatic carbocycles. The molecule has 1 fully saturated rings. The maximum absolute atomic E-state index is 12.6. The minimum Gasteiger partial charge on any atom is -0.489 e. The number of amides is 1. The Morgan fingerprint density at radius 2 is 1.87 bits per heavy atom. The lowest BCUT2D eigenvalue weighted by molar-refractivity contribution is -0.127. The first kappa shape index (κ1) is 20.9. The smallest absolute Gasteiger partial charge is 0.246 e. The Bertz CT molecular complexity index is 1020. The largest absolute Gasteiger partial charge is 0.489 e. The molecule has 0 bridgehead atoms. The lowest BCUT2D eigenvalue weighted by Crippen LogP contribution is -2.47. The van der Waals surface area contributed by atoms with Crippen LogP contribution in [0.15, 0.2) is 71.3 Å². The van der Waals surface area contributed by atoms with Gasteiger partial charge in [-0.05, 0) is 36.3 Å². The minimum atomic E-state index is 0.0331. The number of hydrogen-bond acceptors (Lipinski definition) is 5. The Kier molecular flexibility index (Phi) is 6.79. The van der Waals surface area contributed by atoms with Crippen LogP contribution in [0.5, 0.6) is 5.75 Å². The third-order valence-corrected chi connectivity index (χ3v) is 5.26.